The molecule has 4 heteroatoms. The number of aromatic nitrogens is 1. The van der Waals surface area contributed by atoms with Crippen molar-refractivity contribution in [3.8, 4) is 5.88 Å². The number of rotatable bonds is 1. The summed E-state index contributed by atoms with van der Waals surface area (Å²) in [6.45, 7) is 0. The van der Waals surface area contributed by atoms with Crippen LogP contribution in [0.3, 0.4) is 0 Å². The zero-order valence-corrected chi connectivity index (χ0v) is 7.62. The van der Waals surface area contributed by atoms with Gasteiger partial charge in [-0.1, -0.05) is 0 Å². The van der Waals surface area contributed by atoms with E-state index in [4.69, 9.17) is 5.11 Å². The van der Waals surface area contributed by atoms with E-state index in [0.717, 1.165) is 5.01 Å². The molecule has 11 heavy (non-hydrogen) atoms. The first-order valence-electron chi connectivity index (χ1n) is 3.62. The van der Waals surface area contributed by atoms with Crippen molar-refractivity contribution in [3.63, 3.8) is 0 Å². The zero-order chi connectivity index (χ0) is 7.68. The average molecular weight is 187 g/mol. The largest absolute Gasteiger partial charge is 0.493 e. The van der Waals surface area contributed by atoms with Crippen LogP contribution in [-0.4, -0.2) is 15.8 Å². The van der Waals surface area contributed by atoms with Gasteiger partial charge in [-0.15, -0.1) is 11.3 Å². The third kappa shape index (κ3) is 1.51. The molecule has 0 bridgehead atoms. The Morgan fingerprint density at radius 3 is 3.09 bits per heavy atom. The molecule has 1 atom stereocenters. The number of hydrogen-bond donors (Lipinski definition) is 1. The van der Waals surface area contributed by atoms with E-state index in [1.54, 1.807) is 16.7 Å². The van der Waals surface area contributed by atoms with Crippen molar-refractivity contribution >= 4 is 23.1 Å². The van der Waals surface area contributed by atoms with E-state index in [0.29, 0.717) is 5.25 Å². The first-order valence-corrected chi connectivity index (χ1v) is 5.55. The number of nitrogens with zero attached hydrogens (tertiary/aromatic N) is 1. The SMILES string of the molecule is Oc1csc(C2CCCS2)n1. The lowest BCUT2D eigenvalue weighted by atomic mass is 10.3. The highest BCUT2D eigenvalue weighted by Gasteiger charge is 2.20. The maximum atomic E-state index is 9.00. The summed E-state index contributed by atoms with van der Waals surface area (Å²) in [5, 5.41) is 12.4. The van der Waals surface area contributed by atoms with Crippen LogP contribution in [0.2, 0.25) is 0 Å². The number of hydrogen-bond acceptors (Lipinski definition) is 4. The van der Waals surface area contributed by atoms with E-state index in [-0.39, 0.29) is 5.88 Å². The third-order valence-electron chi connectivity index (χ3n) is 1.71. The van der Waals surface area contributed by atoms with Crippen LogP contribution in [0, 0.1) is 0 Å². The van der Waals surface area contributed by atoms with Gasteiger partial charge in [0.2, 0.25) is 5.88 Å². The van der Waals surface area contributed by atoms with Crippen LogP contribution >= 0.6 is 23.1 Å². The Morgan fingerprint density at radius 1 is 1.64 bits per heavy atom. The van der Waals surface area contributed by atoms with Crippen LogP contribution in [0.5, 0.6) is 5.88 Å². The lowest BCUT2D eigenvalue weighted by Gasteiger charge is -2.00. The molecule has 2 nitrogen and oxygen atoms in total. The Balaban J connectivity index is 2.15. The Hall–Kier alpha value is -0.220. The highest BCUT2D eigenvalue weighted by molar-refractivity contribution is 7.99. The highest BCUT2D eigenvalue weighted by Crippen LogP contribution is 2.41. The third-order valence-corrected chi connectivity index (χ3v) is 4.20. The first-order chi connectivity index (χ1) is 5.36. The number of aromatic hydroxyl groups is 1. The molecule has 1 unspecified atom stereocenters. The second-order valence-electron chi connectivity index (χ2n) is 2.55. The van der Waals surface area contributed by atoms with Crippen molar-refractivity contribution in [2.24, 2.45) is 0 Å². The van der Waals surface area contributed by atoms with Gasteiger partial charge in [-0.25, -0.2) is 4.98 Å². The van der Waals surface area contributed by atoms with Gasteiger partial charge in [0, 0.05) is 0 Å². The first kappa shape index (κ1) is 7.43. The molecule has 0 spiro atoms. The van der Waals surface area contributed by atoms with Crippen LogP contribution in [0.1, 0.15) is 23.1 Å². The van der Waals surface area contributed by atoms with Crippen molar-refractivity contribution < 1.29 is 5.11 Å². The summed E-state index contributed by atoms with van der Waals surface area (Å²) in [4.78, 5) is 4.05. The molecule has 0 aliphatic carbocycles. The van der Waals surface area contributed by atoms with Crippen molar-refractivity contribution in [3.05, 3.63) is 10.4 Å². The van der Waals surface area contributed by atoms with Crippen LogP contribution in [0.25, 0.3) is 0 Å². The smallest absolute Gasteiger partial charge is 0.222 e. The summed E-state index contributed by atoms with van der Waals surface area (Å²) in [5.74, 6) is 1.42. The molecule has 1 aliphatic rings. The van der Waals surface area contributed by atoms with E-state index in [1.165, 1.54) is 18.6 Å². The Morgan fingerprint density at radius 2 is 2.55 bits per heavy atom. The molecule has 0 saturated carbocycles. The van der Waals surface area contributed by atoms with E-state index >= 15 is 0 Å². The van der Waals surface area contributed by atoms with Crippen molar-refractivity contribution in [2.75, 3.05) is 5.75 Å². The van der Waals surface area contributed by atoms with Crippen molar-refractivity contribution in [1.29, 1.82) is 0 Å². The fourth-order valence-corrected chi connectivity index (χ4v) is 3.41. The maximum Gasteiger partial charge on any atom is 0.222 e. The maximum absolute atomic E-state index is 9.00. The Bertz CT molecular complexity index is 242. The minimum atomic E-state index is 0.178. The predicted molar refractivity (Wildman–Crippen MR) is 48.2 cm³/mol. The van der Waals surface area contributed by atoms with Gasteiger partial charge < -0.3 is 5.11 Å². The molecule has 1 aromatic heterocycles. The van der Waals surface area contributed by atoms with Crippen molar-refractivity contribution in [1.82, 2.24) is 4.98 Å². The van der Waals surface area contributed by atoms with Gasteiger partial charge in [-0.3, -0.25) is 0 Å². The standard InChI is InChI=1S/C7H9NOS2/c9-6-4-11-7(8-6)5-2-1-3-10-5/h4-5,9H,1-3H2. The fourth-order valence-electron chi connectivity index (χ4n) is 1.20. The highest BCUT2D eigenvalue weighted by atomic mass is 32.2. The van der Waals surface area contributed by atoms with Gasteiger partial charge in [0.25, 0.3) is 0 Å². The summed E-state index contributed by atoms with van der Waals surface area (Å²) >= 11 is 3.51. The molecule has 0 amide bonds. The van der Waals surface area contributed by atoms with Gasteiger partial charge in [0.05, 0.1) is 10.6 Å². The second kappa shape index (κ2) is 3.03. The van der Waals surface area contributed by atoms with Crippen LogP contribution in [0.4, 0.5) is 0 Å². The van der Waals surface area contributed by atoms with Crippen LogP contribution in [0.15, 0.2) is 5.38 Å². The monoisotopic (exact) mass is 187 g/mol. The zero-order valence-electron chi connectivity index (χ0n) is 5.99. The quantitative estimate of drug-likeness (QED) is 0.733. The minimum Gasteiger partial charge on any atom is -0.493 e. The Labute approximate surface area is 73.7 Å². The fraction of sp³-hybridized carbons (Fsp3) is 0.571. The number of thioether (sulfide) groups is 1. The van der Waals surface area contributed by atoms with Gasteiger partial charge >= 0.3 is 0 Å². The molecule has 1 aromatic rings. The van der Waals surface area contributed by atoms with Crippen molar-refractivity contribution in [2.45, 2.75) is 18.1 Å². The second-order valence-corrected chi connectivity index (χ2v) is 4.75. The molecule has 60 valence electrons. The van der Waals surface area contributed by atoms with Gasteiger partial charge in [0.15, 0.2) is 0 Å². The molecule has 0 aromatic carbocycles. The minimum absolute atomic E-state index is 0.178. The van der Waals surface area contributed by atoms with Crippen LogP contribution < -0.4 is 0 Å². The topological polar surface area (TPSA) is 33.1 Å². The summed E-state index contributed by atoms with van der Waals surface area (Å²) in [6.07, 6.45) is 2.51. The van der Waals surface area contributed by atoms with E-state index in [2.05, 4.69) is 4.98 Å². The molecule has 2 rings (SSSR count). The summed E-state index contributed by atoms with van der Waals surface area (Å²) in [7, 11) is 0. The molecular weight excluding hydrogens is 178 g/mol. The normalized spacial score (nSPS) is 24.2. The molecular formula is C7H9NOS2. The Kier molecular flexibility index (Phi) is 2.05. The van der Waals surface area contributed by atoms with Gasteiger partial charge in [-0.05, 0) is 18.6 Å². The lowest BCUT2D eigenvalue weighted by Crippen LogP contribution is -1.85. The van der Waals surface area contributed by atoms with Crippen LogP contribution in [-0.2, 0) is 0 Å². The summed E-state index contributed by atoms with van der Waals surface area (Å²) < 4.78 is 0. The number of thiazole rings is 1. The molecule has 1 N–H and O–H groups in total. The van der Waals surface area contributed by atoms with Gasteiger partial charge in [0.1, 0.15) is 5.01 Å². The lowest BCUT2D eigenvalue weighted by molar-refractivity contribution is 0.455. The van der Waals surface area contributed by atoms with E-state index < -0.39 is 0 Å². The molecule has 2 heterocycles. The summed E-state index contributed by atoms with van der Waals surface area (Å²) in [6, 6.07) is 0. The summed E-state index contributed by atoms with van der Waals surface area (Å²) in [5.41, 5.74) is 0. The van der Waals surface area contributed by atoms with E-state index in [9.17, 15) is 0 Å². The predicted octanol–water partition coefficient (Wildman–Crippen LogP) is 2.42. The molecule has 1 aliphatic heterocycles. The molecule has 0 radical (unpaired) electrons. The van der Waals surface area contributed by atoms with E-state index in [1.807, 2.05) is 11.8 Å². The molecule has 1 saturated heterocycles. The van der Waals surface area contributed by atoms with Gasteiger partial charge in [-0.2, -0.15) is 11.8 Å². The average Bonchev–Trinajstić information content (AvgIpc) is 2.55. The molecule has 1 fully saturated rings.